The third-order valence-electron chi connectivity index (χ3n) is 2.21. The van der Waals surface area contributed by atoms with Gasteiger partial charge in [0.1, 0.15) is 10.7 Å². The maximum Gasteiger partial charge on any atom is 0.244 e. The van der Waals surface area contributed by atoms with Crippen LogP contribution in [0.15, 0.2) is 23.2 Å². The lowest BCUT2D eigenvalue weighted by Gasteiger charge is -2.29. The summed E-state index contributed by atoms with van der Waals surface area (Å²) in [5, 5.41) is 0. The van der Waals surface area contributed by atoms with Crippen LogP contribution in [0.4, 0.5) is 5.82 Å². The van der Waals surface area contributed by atoms with E-state index in [0.717, 1.165) is 6.42 Å². The van der Waals surface area contributed by atoms with E-state index in [2.05, 4.69) is 4.98 Å². The highest BCUT2D eigenvalue weighted by molar-refractivity contribution is 7.89. The summed E-state index contributed by atoms with van der Waals surface area (Å²) in [6.07, 6.45) is 2.23. The lowest BCUT2D eigenvalue weighted by Crippen LogP contribution is -2.41. The van der Waals surface area contributed by atoms with Crippen LogP contribution in [0.25, 0.3) is 0 Å². The third kappa shape index (κ3) is 1.46. The van der Waals surface area contributed by atoms with E-state index in [1.165, 1.54) is 22.6 Å². The second-order valence-corrected chi connectivity index (χ2v) is 5.11. The number of rotatable bonds is 2. The fraction of sp³-hybridized carbons (Fsp3) is 0.375. The topological polar surface area (TPSA) is 76.3 Å². The van der Waals surface area contributed by atoms with E-state index in [0.29, 0.717) is 18.9 Å². The van der Waals surface area contributed by atoms with E-state index in [1.807, 2.05) is 0 Å². The van der Waals surface area contributed by atoms with Gasteiger partial charge in [0, 0.05) is 19.3 Å². The molecule has 1 aliphatic heterocycles. The van der Waals surface area contributed by atoms with Gasteiger partial charge in [-0.25, -0.2) is 13.4 Å². The zero-order valence-electron chi connectivity index (χ0n) is 7.55. The summed E-state index contributed by atoms with van der Waals surface area (Å²) in [4.78, 5) is 3.97. The van der Waals surface area contributed by atoms with Gasteiger partial charge in [-0.2, -0.15) is 4.31 Å². The second kappa shape index (κ2) is 3.21. The summed E-state index contributed by atoms with van der Waals surface area (Å²) >= 11 is 0. The van der Waals surface area contributed by atoms with Gasteiger partial charge in [-0.05, 0) is 18.6 Å². The van der Waals surface area contributed by atoms with Gasteiger partial charge in [-0.3, -0.25) is 0 Å². The van der Waals surface area contributed by atoms with Gasteiger partial charge in [-0.15, -0.1) is 0 Å². The van der Waals surface area contributed by atoms with Crippen molar-refractivity contribution in [1.29, 1.82) is 0 Å². The molecule has 0 aromatic carbocycles. The van der Waals surface area contributed by atoms with Crippen molar-refractivity contribution < 1.29 is 8.42 Å². The highest BCUT2D eigenvalue weighted by Crippen LogP contribution is 2.20. The van der Waals surface area contributed by atoms with Gasteiger partial charge < -0.3 is 5.73 Å². The van der Waals surface area contributed by atoms with Crippen LogP contribution in [0, 0.1) is 0 Å². The average molecular weight is 213 g/mol. The number of hydrogen-bond acceptors (Lipinski definition) is 4. The molecule has 2 heterocycles. The second-order valence-electron chi connectivity index (χ2n) is 3.18. The average Bonchev–Trinajstić information content (AvgIpc) is 2.00. The first-order valence-electron chi connectivity index (χ1n) is 4.32. The van der Waals surface area contributed by atoms with Crippen LogP contribution in [0.1, 0.15) is 6.42 Å². The predicted molar refractivity (Wildman–Crippen MR) is 52.0 cm³/mol. The summed E-state index contributed by atoms with van der Waals surface area (Å²) in [5.74, 6) is 0.326. The molecule has 0 radical (unpaired) electrons. The van der Waals surface area contributed by atoms with Crippen molar-refractivity contribution in [2.24, 2.45) is 0 Å². The van der Waals surface area contributed by atoms with Crippen LogP contribution in [0.5, 0.6) is 0 Å². The van der Waals surface area contributed by atoms with Gasteiger partial charge in [-0.1, -0.05) is 0 Å². The molecule has 76 valence electrons. The van der Waals surface area contributed by atoms with Crippen LogP contribution in [0.2, 0.25) is 0 Å². The van der Waals surface area contributed by atoms with Gasteiger partial charge in [0.05, 0.1) is 0 Å². The molecule has 0 saturated carbocycles. The molecule has 5 nitrogen and oxygen atoms in total. The Labute approximate surface area is 82.6 Å². The normalized spacial score (nSPS) is 17.7. The van der Waals surface area contributed by atoms with Crippen molar-refractivity contribution in [2.45, 2.75) is 11.3 Å². The summed E-state index contributed by atoms with van der Waals surface area (Å²) in [6.45, 7) is 1.21. The highest BCUT2D eigenvalue weighted by atomic mass is 32.2. The zero-order valence-corrected chi connectivity index (χ0v) is 8.37. The number of nitrogens with two attached hydrogens (primary N) is 1. The lowest BCUT2D eigenvalue weighted by atomic mass is 10.3. The molecule has 1 fully saturated rings. The molecule has 1 saturated heterocycles. The summed E-state index contributed by atoms with van der Waals surface area (Å²) < 4.78 is 25.0. The Morgan fingerprint density at radius 3 is 2.50 bits per heavy atom. The molecule has 2 N–H and O–H groups in total. The molecular formula is C8H11N3O2S. The van der Waals surface area contributed by atoms with Crippen molar-refractivity contribution in [3.63, 3.8) is 0 Å². The minimum absolute atomic E-state index is 0.214. The molecule has 6 heteroatoms. The van der Waals surface area contributed by atoms with Gasteiger partial charge in [0.25, 0.3) is 0 Å². The van der Waals surface area contributed by atoms with E-state index in [-0.39, 0.29) is 4.90 Å². The monoisotopic (exact) mass is 213 g/mol. The highest BCUT2D eigenvalue weighted by Gasteiger charge is 2.29. The smallest absolute Gasteiger partial charge is 0.244 e. The SMILES string of the molecule is Nc1ccc(S(=O)(=O)N2CCC2)cn1. The Morgan fingerprint density at radius 1 is 1.36 bits per heavy atom. The van der Waals surface area contributed by atoms with Gasteiger partial charge in [0.15, 0.2) is 0 Å². The van der Waals surface area contributed by atoms with Gasteiger partial charge >= 0.3 is 0 Å². The maximum atomic E-state index is 11.8. The van der Waals surface area contributed by atoms with Gasteiger partial charge in [0.2, 0.25) is 10.0 Å². The van der Waals surface area contributed by atoms with Crippen LogP contribution in [-0.2, 0) is 10.0 Å². The Balaban J connectivity index is 2.34. The maximum absolute atomic E-state index is 11.8. The summed E-state index contributed by atoms with van der Waals surface area (Å²) in [6, 6.07) is 2.97. The van der Waals surface area contributed by atoms with E-state index in [4.69, 9.17) is 5.73 Å². The van der Waals surface area contributed by atoms with Crippen molar-refractivity contribution in [3.8, 4) is 0 Å². The van der Waals surface area contributed by atoms with Crippen LogP contribution in [-0.4, -0.2) is 30.8 Å². The molecule has 0 aliphatic carbocycles. The third-order valence-corrected chi connectivity index (χ3v) is 4.09. The number of nitrogen functional groups attached to an aromatic ring is 1. The number of aromatic nitrogens is 1. The van der Waals surface area contributed by atoms with Crippen molar-refractivity contribution in [3.05, 3.63) is 18.3 Å². The molecule has 14 heavy (non-hydrogen) atoms. The number of hydrogen-bond donors (Lipinski definition) is 1. The molecule has 1 aliphatic rings. The summed E-state index contributed by atoms with van der Waals surface area (Å²) in [7, 11) is -3.30. The fourth-order valence-corrected chi connectivity index (χ4v) is 2.68. The van der Waals surface area contributed by atoms with E-state index in [9.17, 15) is 8.42 Å². The first-order valence-corrected chi connectivity index (χ1v) is 5.76. The number of sulfonamides is 1. The molecule has 0 unspecified atom stereocenters. The largest absolute Gasteiger partial charge is 0.384 e. The molecule has 2 rings (SSSR count). The Hall–Kier alpha value is -1.14. The van der Waals surface area contributed by atoms with Crippen LogP contribution >= 0.6 is 0 Å². The number of anilines is 1. The Kier molecular flexibility index (Phi) is 2.16. The lowest BCUT2D eigenvalue weighted by molar-refractivity contribution is 0.309. The van der Waals surface area contributed by atoms with Crippen LogP contribution in [0.3, 0.4) is 0 Å². The minimum Gasteiger partial charge on any atom is -0.384 e. The van der Waals surface area contributed by atoms with Crippen molar-refractivity contribution >= 4 is 15.8 Å². The zero-order chi connectivity index (χ0) is 10.2. The standard InChI is InChI=1S/C8H11N3O2S/c9-8-3-2-7(6-10-8)14(12,13)11-4-1-5-11/h2-3,6H,1,4-5H2,(H2,9,10). The molecule has 1 aromatic heterocycles. The minimum atomic E-state index is -3.30. The fourth-order valence-electron chi connectivity index (χ4n) is 1.22. The number of nitrogens with zero attached hydrogens (tertiary/aromatic N) is 2. The van der Waals surface area contributed by atoms with E-state index in [1.54, 1.807) is 0 Å². The van der Waals surface area contributed by atoms with E-state index >= 15 is 0 Å². The summed E-state index contributed by atoms with van der Waals surface area (Å²) in [5.41, 5.74) is 5.37. The molecule has 1 aromatic rings. The number of pyridine rings is 1. The first kappa shape index (κ1) is 9.42. The quantitative estimate of drug-likeness (QED) is 0.753. The molecule has 0 spiro atoms. The predicted octanol–water partition coefficient (Wildman–Crippen LogP) is 0.0582. The Morgan fingerprint density at radius 2 is 2.07 bits per heavy atom. The van der Waals surface area contributed by atoms with Crippen molar-refractivity contribution in [2.75, 3.05) is 18.8 Å². The molecule has 0 bridgehead atoms. The van der Waals surface area contributed by atoms with Crippen LogP contribution < -0.4 is 5.73 Å². The Bertz CT molecular complexity index is 422. The van der Waals surface area contributed by atoms with Crippen molar-refractivity contribution in [1.82, 2.24) is 9.29 Å². The first-order chi connectivity index (χ1) is 6.60. The molecular weight excluding hydrogens is 202 g/mol. The molecule has 0 amide bonds. The van der Waals surface area contributed by atoms with E-state index < -0.39 is 10.0 Å². The molecule has 0 atom stereocenters.